The van der Waals surface area contributed by atoms with Crippen molar-refractivity contribution in [3.8, 4) is 22.3 Å². The van der Waals surface area contributed by atoms with E-state index in [9.17, 15) is 0 Å². The summed E-state index contributed by atoms with van der Waals surface area (Å²) < 4.78 is 0. The Labute approximate surface area is 165 Å². The Bertz CT molecular complexity index is 1170. The van der Waals surface area contributed by atoms with Crippen molar-refractivity contribution in [3.63, 3.8) is 0 Å². The molecule has 1 nitrogen and oxygen atoms in total. The van der Waals surface area contributed by atoms with Crippen molar-refractivity contribution >= 4 is 21.5 Å². The molecule has 0 spiro atoms. The normalized spacial score (nSPS) is 11.2. The van der Waals surface area contributed by atoms with Crippen LogP contribution < -0.4 is 0 Å². The van der Waals surface area contributed by atoms with Gasteiger partial charge in [0.1, 0.15) is 0 Å². The molecule has 0 aliphatic carbocycles. The molecule has 0 unspecified atom stereocenters. The fraction of sp³-hybridized carbons (Fsp3) is 0.0741. The third kappa shape index (κ3) is 2.51. The maximum atomic E-state index is 4.49. The molecular weight excluding hydrogens is 338 g/mol. The van der Waals surface area contributed by atoms with Crippen molar-refractivity contribution in [2.75, 3.05) is 0 Å². The van der Waals surface area contributed by atoms with Gasteiger partial charge in [-0.1, -0.05) is 72.8 Å². The predicted octanol–water partition coefficient (Wildman–Crippen LogP) is 7.34. The molecule has 0 fully saturated rings. The second-order valence-corrected chi connectivity index (χ2v) is 7.35. The minimum absolute atomic E-state index is 1.20. The first-order chi connectivity index (χ1) is 13.8. The summed E-state index contributed by atoms with van der Waals surface area (Å²) in [4.78, 5) is 4.49. The SMILES string of the molecule is Cc1ccccc1-c1c2ccccc2c(-c2ccccc2C)c2cnccc12. The number of pyridine rings is 1. The first kappa shape index (κ1) is 16.7. The molecule has 1 heterocycles. The largest absolute Gasteiger partial charge is 0.264 e. The predicted molar refractivity (Wildman–Crippen MR) is 120 cm³/mol. The van der Waals surface area contributed by atoms with Crippen molar-refractivity contribution < 1.29 is 0 Å². The van der Waals surface area contributed by atoms with Crippen LogP contribution in [-0.2, 0) is 0 Å². The standard InChI is InChI=1S/C27H21N/c1-18-9-3-5-11-20(18)26-22-13-7-8-14-23(22)27(21-12-6-4-10-19(21)2)25-17-28-16-15-24(25)26/h3-17H,1-2H3. The van der Waals surface area contributed by atoms with E-state index >= 15 is 0 Å². The molecule has 0 atom stereocenters. The summed E-state index contributed by atoms with van der Waals surface area (Å²) in [6.07, 6.45) is 3.92. The summed E-state index contributed by atoms with van der Waals surface area (Å²) in [6.45, 7) is 4.37. The van der Waals surface area contributed by atoms with E-state index in [-0.39, 0.29) is 0 Å². The molecule has 0 aliphatic heterocycles. The molecule has 134 valence electrons. The van der Waals surface area contributed by atoms with Crippen LogP contribution in [0.3, 0.4) is 0 Å². The van der Waals surface area contributed by atoms with Gasteiger partial charge in [0, 0.05) is 17.8 Å². The zero-order chi connectivity index (χ0) is 19.1. The molecule has 28 heavy (non-hydrogen) atoms. The van der Waals surface area contributed by atoms with Gasteiger partial charge in [-0.15, -0.1) is 0 Å². The number of fused-ring (bicyclic) bond motifs is 2. The summed E-state index contributed by atoms with van der Waals surface area (Å²) in [5, 5.41) is 5.01. The van der Waals surface area contributed by atoms with E-state index < -0.39 is 0 Å². The van der Waals surface area contributed by atoms with Crippen molar-refractivity contribution in [1.82, 2.24) is 4.98 Å². The van der Waals surface area contributed by atoms with Crippen LogP contribution in [0, 0.1) is 13.8 Å². The second-order valence-electron chi connectivity index (χ2n) is 7.35. The lowest BCUT2D eigenvalue weighted by Crippen LogP contribution is -1.93. The molecule has 1 heteroatoms. The highest BCUT2D eigenvalue weighted by molar-refractivity contribution is 6.21. The van der Waals surface area contributed by atoms with Crippen LogP contribution in [0.15, 0.2) is 91.3 Å². The van der Waals surface area contributed by atoms with Crippen molar-refractivity contribution in [3.05, 3.63) is 102 Å². The van der Waals surface area contributed by atoms with Crippen LogP contribution in [0.25, 0.3) is 43.8 Å². The highest BCUT2D eigenvalue weighted by atomic mass is 14.6. The van der Waals surface area contributed by atoms with E-state index in [1.165, 1.54) is 54.9 Å². The maximum absolute atomic E-state index is 4.49. The number of aryl methyl sites for hydroxylation is 2. The zero-order valence-corrected chi connectivity index (χ0v) is 16.1. The Morgan fingerprint density at radius 3 is 1.54 bits per heavy atom. The van der Waals surface area contributed by atoms with Gasteiger partial charge in [0.15, 0.2) is 0 Å². The number of hydrogen-bond acceptors (Lipinski definition) is 1. The topological polar surface area (TPSA) is 12.9 Å². The van der Waals surface area contributed by atoms with E-state index in [2.05, 4.69) is 97.7 Å². The molecule has 5 aromatic rings. The molecule has 0 N–H and O–H groups in total. The third-order valence-corrected chi connectivity index (χ3v) is 5.65. The molecule has 0 aliphatic rings. The van der Waals surface area contributed by atoms with E-state index in [4.69, 9.17) is 0 Å². The van der Waals surface area contributed by atoms with Crippen molar-refractivity contribution in [2.24, 2.45) is 0 Å². The van der Waals surface area contributed by atoms with Crippen LogP contribution in [0.2, 0.25) is 0 Å². The lowest BCUT2D eigenvalue weighted by atomic mass is 9.85. The van der Waals surface area contributed by atoms with Gasteiger partial charge in [-0.05, 0) is 69.5 Å². The van der Waals surface area contributed by atoms with Gasteiger partial charge in [-0.2, -0.15) is 0 Å². The summed E-state index contributed by atoms with van der Waals surface area (Å²) in [6, 6.07) is 28.2. The minimum atomic E-state index is 1.20. The van der Waals surface area contributed by atoms with Crippen LogP contribution >= 0.6 is 0 Å². The smallest absolute Gasteiger partial charge is 0.0353 e. The Morgan fingerprint density at radius 2 is 0.964 bits per heavy atom. The number of aromatic nitrogens is 1. The molecule has 5 rings (SSSR count). The number of nitrogens with zero attached hydrogens (tertiary/aromatic N) is 1. The molecule has 0 radical (unpaired) electrons. The van der Waals surface area contributed by atoms with E-state index in [1.807, 2.05) is 12.4 Å². The van der Waals surface area contributed by atoms with Gasteiger partial charge in [-0.3, -0.25) is 4.98 Å². The highest BCUT2D eigenvalue weighted by Gasteiger charge is 2.18. The molecule has 4 aromatic carbocycles. The summed E-state index contributed by atoms with van der Waals surface area (Å²) >= 11 is 0. The number of hydrogen-bond donors (Lipinski definition) is 0. The summed E-state index contributed by atoms with van der Waals surface area (Å²) in [7, 11) is 0. The van der Waals surface area contributed by atoms with E-state index in [0.717, 1.165) is 0 Å². The van der Waals surface area contributed by atoms with Gasteiger partial charge in [-0.25, -0.2) is 0 Å². The number of benzene rings is 4. The zero-order valence-electron chi connectivity index (χ0n) is 16.1. The lowest BCUT2D eigenvalue weighted by molar-refractivity contribution is 1.36. The van der Waals surface area contributed by atoms with E-state index in [1.54, 1.807) is 0 Å². The van der Waals surface area contributed by atoms with Crippen molar-refractivity contribution in [1.29, 1.82) is 0 Å². The lowest BCUT2D eigenvalue weighted by Gasteiger charge is -2.19. The van der Waals surface area contributed by atoms with Crippen LogP contribution in [-0.4, -0.2) is 4.98 Å². The Balaban J connectivity index is 2.04. The first-order valence-corrected chi connectivity index (χ1v) is 9.66. The molecule has 1 aromatic heterocycles. The van der Waals surface area contributed by atoms with Gasteiger partial charge in [0.25, 0.3) is 0 Å². The monoisotopic (exact) mass is 359 g/mol. The average Bonchev–Trinajstić information content (AvgIpc) is 2.73. The Hall–Kier alpha value is -3.45. The fourth-order valence-corrected chi connectivity index (χ4v) is 4.31. The van der Waals surface area contributed by atoms with Gasteiger partial charge in [0.05, 0.1) is 0 Å². The highest BCUT2D eigenvalue weighted by Crippen LogP contribution is 2.44. The summed E-state index contributed by atoms with van der Waals surface area (Å²) in [5.74, 6) is 0. The molecule has 0 bridgehead atoms. The fourth-order valence-electron chi connectivity index (χ4n) is 4.31. The second kappa shape index (κ2) is 6.61. The Morgan fingerprint density at radius 1 is 0.500 bits per heavy atom. The third-order valence-electron chi connectivity index (χ3n) is 5.65. The average molecular weight is 359 g/mol. The minimum Gasteiger partial charge on any atom is -0.264 e. The van der Waals surface area contributed by atoms with Crippen LogP contribution in [0.1, 0.15) is 11.1 Å². The van der Waals surface area contributed by atoms with Crippen molar-refractivity contribution in [2.45, 2.75) is 13.8 Å². The molecular formula is C27H21N. The molecule has 0 amide bonds. The van der Waals surface area contributed by atoms with Gasteiger partial charge >= 0.3 is 0 Å². The Kier molecular flexibility index (Phi) is 3.95. The number of rotatable bonds is 2. The molecule has 0 saturated heterocycles. The van der Waals surface area contributed by atoms with Crippen LogP contribution in [0.5, 0.6) is 0 Å². The van der Waals surface area contributed by atoms with Gasteiger partial charge in [0.2, 0.25) is 0 Å². The summed E-state index contributed by atoms with van der Waals surface area (Å²) in [5.41, 5.74) is 7.69. The first-order valence-electron chi connectivity index (χ1n) is 9.66. The van der Waals surface area contributed by atoms with Gasteiger partial charge < -0.3 is 0 Å². The molecule has 0 saturated carbocycles. The van der Waals surface area contributed by atoms with E-state index in [0.29, 0.717) is 0 Å². The van der Waals surface area contributed by atoms with Crippen LogP contribution in [0.4, 0.5) is 0 Å². The quantitative estimate of drug-likeness (QED) is 0.300. The maximum Gasteiger partial charge on any atom is 0.0353 e.